The molecule has 1 aliphatic carbocycles. The second-order valence-corrected chi connectivity index (χ2v) is 3.05. The van der Waals surface area contributed by atoms with E-state index in [0.717, 1.165) is 19.3 Å². The summed E-state index contributed by atoms with van der Waals surface area (Å²) in [7, 11) is 1.69. The Labute approximate surface area is 62.2 Å². The fraction of sp³-hybridized carbons (Fsp3) is 1.00. The molecule has 2 nitrogen and oxygen atoms in total. The fourth-order valence-electron chi connectivity index (χ4n) is 1.57. The standard InChI is InChI=1S/C8H16O2/c1-3-7(9)8(10-2)5-4-6-8/h7,9H,3-6H2,1-2H3. The Morgan fingerprint density at radius 2 is 2.20 bits per heavy atom. The molecule has 2 heteroatoms. The van der Waals surface area contributed by atoms with E-state index in [9.17, 15) is 5.11 Å². The van der Waals surface area contributed by atoms with Crippen molar-refractivity contribution in [2.45, 2.75) is 44.3 Å². The zero-order valence-electron chi connectivity index (χ0n) is 6.76. The minimum absolute atomic E-state index is 0.172. The summed E-state index contributed by atoms with van der Waals surface area (Å²) in [5, 5.41) is 9.50. The Morgan fingerprint density at radius 1 is 1.60 bits per heavy atom. The molecule has 1 fully saturated rings. The van der Waals surface area contributed by atoms with Gasteiger partial charge in [-0.2, -0.15) is 0 Å². The lowest BCUT2D eigenvalue weighted by Crippen LogP contribution is -2.49. The van der Waals surface area contributed by atoms with Crippen molar-refractivity contribution in [3.63, 3.8) is 0 Å². The van der Waals surface area contributed by atoms with E-state index in [1.54, 1.807) is 7.11 Å². The van der Waals surface area contributed by atoms with Crippen molar-refractivity contribution in [1.82, 2.24) is 0 Å². The molecule has 0 saturated heterocycles. The van der Waals surface area contributed by atoms with Gasteiger partial charge < -0.3 is 9.84 Å². The molecule has 0 amide bonds. The molecule has 0 spiro atoms. The molecule has 0 bridgehead atoms. The van der Waals surface area contributed by atoms with Crippen molar-refractivity contribution in [2.75, 3.05) is 7.11 Å². The van der Waals surface area contributed by atoms with E-state index in [2.05, 4.69) is 0 Å². The predicted octanol–water partition coefficient (Wildman–Crippen LogP) is 1.33. The monoisotopic (exact) mass is 144 g/mol. The van der Waals surface area contributed by atoms with Crippen LogP contribution in [0.4, 0.5) is 0 Å². The van der Waals surface area contributed by atoms with E-state index in [0.29, 0.717) is 0 Å². The van der Waals surface area contributed by atoms with Crippen LogP contribution < -0.4 is 0 Å². The van der Waals surface area contributed by atoms with Crippen LogP contribution in [0, 0.1) is 0 Å². The topological polar surface area (TPSA) is 29.5 Å². The van der Waals surface area contributed by atoms with Gasteiger partial charge in [-0.25, -0.2) is 0 Å². The third-order valence-electron chi connectivity index (χ3n) is 2.60. The first-order chi connectivity index (χ1) is 4.75. The summed E-state index contributed by atoms with van der Waals surface area (Å²) in [4.78, 5) is 0. The number of ether oxygens (including phenoxy) is 1. The molecule has 60 valence electrons. The van der Waals surface area contributed by atoms with Crippen LogP contribution in [0.3, 0.4) is 0 Å². The van der Waals surface area contributed by atoms with E-state index < -0.39 is 0 Å². The molecular weight excluding hydrogens is 128 g/mol. The van der Waals surface area contributed by atoms with Gasteiger partial charge in [0.2, 0.25) is 0 Å². The summed E-state index contributed by atoms with van der Waals surface area (Å²) in [6, 6.07) is 0. The van der Waals surface area contributed by atoms with E-state index in [4.69, 9.17) is 4.74 Å². The van der Waals surface area contributed by atoms with Crippen LogP contribution in [0.25, 0.3) is 0 Å². The Hall–Kier alpha value is -0.0800. The van der Waals surface area contributed by atoms with Crippen LogP contribution in [0.2, 0.25) is 0 Å². The highest BCUT2D eigenvalue weighted by Crippen LogP contribution is 2.38. The lowest BCUT2D eigenvalue weighted by Gasteiger charge is -2.43. The molecule has 1 rings (SSSR count). The van der Waals surface area contributed by atoms with Gasteiger partial charge in [0.15, 0.2) is 0 Å². The summed E-state index contributed by atoms with van der Waals surface area (Å²) >= 11 is 0. The summed E-state index contributed by atoms with van der Waals surface area (Å²) in [6.45, 7) is 1.99. The van der Waals surface area contributed by atoms with Gasteiger partial charge in [0.25, 0.3) is 0 Å². The molecule has 0 radical (unpaired) electrons. The molecule has 1 atom stereocenters. The Balaban J connectivity index is 2.46. The molecular formula is C8H16O2. The van der Waals surface area contributed by atoms with E-state index >= 15 is 0 Å². The van der Waals surface area contributed by atoms with Crippen LogP contribution >= 0.6 is 0 Å². The molecule has 0 aromatic rings. The van der Waals surface area contributed by atoms with Crippen molar-refractivity contribution in [1.29, 1.82) is 0 Å². The largest absolute Gasteiger partial charge is 0.390 e. The molecule has 1 aliphatic rings. The Kier molecular flexibility index (Phi) is 2.32. The van der Waals surface area contributed by atoms with Gasteiger partial charge in [0, 0.05) is 7.11 Å². The highest BCUT2D eigenvalue weighted by atomic mass is 16.5. The molecule has 1 N–H and O–H groups in total. The highest BCUT2D eigenvalue weighted by molar-refractivity contribution is 4.94. The first-order valence-electron chi connectivity index (χ1n) is 3.98. The lowest BCUT2D eigenvalue weighted by molar-refractivity contribution is -0.149. The number of methoxy groups -OCH3 is 1. The lowest BCUT2D eigenvalue weighted by atomic mass is 9.75. The number of hydrogen-bond donors (Lipinski definition) is 1. The van der Waals surface area contributed by atoms with Gasteiger partial charge >= 0.3 is 0 Å². The number of rotatable bonds is 3. The third-order valence-corrected chi connectivity index (χ3v) is 2.60. The molecule has 1 saturated carbocycles. The maximum absolute atomic E-state index is 9.50. The van der Waals surface area contributed by atoms with Crippen molar-refractivity contribution in [3.05, 3.63) is 0 Å². The van der Waals surface area contributed by atoms with Crippen LogP contribution in [-0.4, -0.2) is 23.9 Å². The summed E-state index contributed by atoms with van der Waals surface area (Å²) in [5.41, 5.74) is -0.172. The molecule has 10 heavy (non-hydrogen) atoms. The van der Waals surface area contributed by atoms with Gasteiger partial charge in [0.05, 0.1) is 11.7 Å². The summed E-state index contributed by atoms with van der Waals surface area (Å²) < 4.78 is 5.28. The maximum Gasteiger partial charge on any atom is 0.0936 e. The van der Waals surface area contributed by atoms with E-state index in [-0.39, 0.29) is 11.7 Å². The second-order valence-electron chi connectivity index (χ2n) is 3.05. The average Bonchev–Trinajstić information content (AvgIpc) is 1.86. The van der Waals surface area contributed by atoms with Crippen molar-refractivity contribution < 1.29 is 9.84 Å². The second kappa shape index (κ2) is 2.89. The maximum atomic E-state index is 9.50. The van der Waals surface area contributed by atoms with Crippen LogP contribution in [0.1, 0.15) is 32.6 Å². The van der Waals surface area contributed by atoms with Crippen molar-refractivity contribution in [2.24, 2.45) is 0 Å². The zero-order chi connectivity index (χ0) is 7.61. The van der Waals surface area contributed by atoms with Gasteiger partial charge in [-0.1, -0.05) is 6.92 Å². The Morgan fingerprint density at radius 3 is 2.30 bits per heavy atom. The smallest absolute Gasteiger partial charge is 0.0936 e. The fourth-order valence-corrected chi connectivity index (χ4v) is 1.57. The quantitative estimate of drug-likeness (QED) is 0.647. The third kappa shape index (κ3) is 1.06. The van der Waals surface area contributed by atoms with Crippen LogP contribution in [0.15, 0.2) is 0 Å². The first kappa shape index (κ1) is 8.02. The summed E-state index contributed by atoms with van der Waals surface area (Å²) in [5.74, 6) is 0. The average molecular weight is 144 g/mol. The van der Waals surface area contributed by atoms with Gasteiger partial charge in [-0.3, -0.25) is 0 Å². The summed E-state index contributed by atoms with van der Waals surface area (Å²) in [6.07, 6.45) is 3.79. The molecule has 0 heterocycles. The van der Waals surface area contributed by atoms with Crippen LogP contribution in [0.5, 0.6) is 0 Å². The minimum Gasteiger partial charge on any atom is -0.390 e. The number of hydrogen-bond acceptors (Lipinski definition) is 2. The van der Waals surface area contributed by atoms with E-state index in [1.807, 2.05) is 6.92 Å². The molecule has 0 aliphatic heterocycles. The molecule has 0 aromatic carbocycles. The number of aliphatic hydroxyl groups is 1. The van der Waals surface area contributed by atoms with Crippen molar-refractivity contribution in [3.8, 4) is 0 Å². The normalized spacial score (nSPS) is 25.5. The predicted molar refractivity (Wildman–Crippen MR) is 39.9 cm³/mol. The van der Waals surface area contributed by atoms with E-state index in [1.165, 1.54) is 6.42 Å². The Bertz CT molecular complexity index is 102. The molecule has 0 aromatic heterocycles. The van der Waals surface area contributed by atoms with Gasteiger partial charge in [0.1, 0.15) is 0 Å². The molecule has 1 unspecified atom stereocenters. The minimum atomic E-state index is -0.258. The highest BCUT2D eigenvalue weighted by Gasteiger charge is 2.42. The van der Waals surface area contributed by atoms with Crippen molar-refractivity contribution >= 4 is 0 Å². The van der Waals surface area contributed by atoms with Gasteiger partial charge in [-0.15, -0.1) is 0 Å². The SMILES string of the molecule is CCC(O)C1(OC)CCC1. The first-order valence-corrected chi connectivity index (χ1v) is 3.98. The van der Waals surface area contributed by atoms with Crippen LogP contribution in [-0.2, 0) is 4.74 Å². The number of aliphatic hydroxyl groups excluding tert-OH is 1. The zero-order valence-corrected chi connectivity index (χ0v) is 6.76. The van der Waals surface area contributed by atoms with Gasteiger partial charge in [-0.05, 0) is 25.7 Å².